The van der Waals surface area contributed by atoms with Crippen LogP contribution in [0.25, 0.3) is 0 Å². The zero-order valence-electron chi connectivity index (χ0n) is 16.7. The number of amides is 1. The molecular formula is C21H31NO4. The first-order chi connectivity index (χ1) is 12.2. The number of esters is 1. The van der Waals surface area contributed by atoms with E-state index in [9.17, 15) is 9.59 Å². The van der Waals surface area contributed by atoms with E-state index in [1.165, 1.54) is 7.11 Å². The second-order valence-electron chi connectivity index (χ2n) is 7.70. The fourth-order valence-electron chi connectivity index (χ4n) is 3.90. The summed E-state index contributed by atoms with van der Waals surface area (Å²) < 4.78 is 10.3. The van der Waals surface area contributed by atoms with Gasteiger partial charge in [-0.3, -0.25) is 4.79 Å². The monoisotopic (exact) mass is 361 g/mol. The highest BCUT2D eigenvalue weighted by molar-refractivity contribution is 5.91. The van der Waals surface area contributed by atoms with Gasteiger partial charge in [-0.25, -0.2) is 4.79 Å². The molecule has 4 unspecified atom stereocenters. The van der Waals surface area contributed by atoms with Crippen molar-refractivity contribution in [3.63, 3.8) is 0 Å². The topological polar surface area (TPSA) is 64.6 Å². The summed E-state index contributed by atoms with van der Waals surface area (Å²) in [5.41, 5.74) is 0.997. The maximum Gasteiger partial charge on any atom is 0.331 e. The molecule has 0 saturated heterocycles. The number of hydrogen-bond donors (Lipinski definition) is 1. The molecule has 1 aliphatic carbocycles. The average Bonchev–Trinajstić information content (AvgIpc) is 2.63. The average molecular weight is 361 g/mol. The second kappa shape index (κ2) is 8.11. The first-order valence-corrected chi connectivity index (χ1v) is 9.29. The molecule has 0 spiro atoms. The van der Waals surface area contributed by atoms with Crippen LogP contribution in [0.2, 0.25) is 0 Å². The predicted molar refractivity (Wildman–Crippen MR) is 101 cm³/mol. The maximum atomic E-state index is 13.0. The molecule has 1 amide bonds. The van der Waals surface area contributed by atoms with Gasteiger partial charge in [-0.05, 0) is 68.2 Å². The number of rotatable bonds is 5. The van der Waals surface area contributed by atoms with E-state index in [1.54, 1.807) is 7.11 Å². The van der Waals surface area contributed by atoms with Crippen LogP contribution in [0, 0.1) is 18.8 Å². The Bertz CT molecular complexity index is 672. The van der Waals surface area contributed by atoms with Crippen LogP contribution in [0.1, 0.15) is 57.1 Å². The Kier molecular flexibility index (Phi) is 6.32. The summed E-state index contributed by atoms with van der Waals surface area (Å²) >= 11 is 0. The lowest BCUT2D eigenvalue weighted by molar-refractivity contribution is -0.154. The van der Waals surface area contributed by atoms with E-state index in [-0.39, 0.29) is 17.8 Å². The van der Waals surface area contributed by atoms with E-state index in [1.807, 2.05) is 32.0 Å². The molecule has 5 heteroatoms. The quantitative estimate of drug-likeness (QED) is 0.814. The Labute approximate surface area is 156 Å². The fraction of sp³-hybridized carbons (Fsp3) is 0.619. The number of hydrogen-bond acceptors (Lipinski definition) is 4. The van der Waals surface area contributed by atoms with Crippen LogP contribution in [0.15, 0.2) is 18.2 Å². The standard InChI is InChI=1S/C21H31NO4/c1-13-9-10-21(12-15(13)3,20(24)26-6)22-19(23)16(4)18-8-7-17(25-5)11-14(18)2/h7-8,11,13,15-16H,9-10,12H2,1-6H3,(H,22,23). The van der Waals surface area contributed by atoms with E-state index in [0.717, 1.165) is 23.3 Å². The van der Waals surface area contributed by atoms with Crippen LogP contribution in [-0.2, 0) is 14.3 Å². The zero-order chi connectivity index (χ0) is 19.5. The lowest BCUT2D eigenvalue weighted by atomic mass is 9.71. The molecule has 0 bridgehead atoms. The molecule has 1 aromatic carbocycles. The first-order valence-electron chi connectivity index (χ1n) is 9.29. The number of ether oxygens (including phenoxy) is 2. The summed E-state index contributed by atoms with van der Waals surface area (Å²) in [4.78, 5) is 25.5. The van der Waals surface area contributed by atoms with Crippen molar-refractivity contribution >= 4 is 11.9 Å². The molecule has 0 heterocycles. The fourth-order valence-corrected chi connectivity index (χ4v) is 3.90. The minimum atomic E-state index is -0.924. The van der Waals surface area contributed by atoms with Crippen molar-refractivity contribution < 1.29 is 19.1 Å². The summed E-state index contributed by atoms with van der Waals surface area (Å²) in [5, 5.41) is 3.04. The van der Waals surface area contributed by atoms with E-state index in [2.05, 4.69) is 19.2 Å². The zero-order valence-corrected chi connectivity index (χ0v) is 16.7. The van der Waals surface area contributed by atoms with Gasteiger partial charge in [0.25, 0.3) is 0 Å². The number of carbonyl (C=O) groups excluding carboxylic acids is 2. The number of aryl methyl sites for hydroxylation is 1. The van der Waals surface area contributed by atoms with E-state index in [0.29, 0.717) is 24.7 Å². The molecule has 1 aromatic rings. The highest BCUT2D eigenvalue weighted by Gasteiger charge is 2.46. The van der Waals surface area contributed by atoms with Crippen molar-refractivity contribution in [2.24, 2.45) is 11.8 Å². The van der Waals surface area contributed by atoms with Crippen LogP contribution < -0.4 is 10.1 Å². The van der Waals surface area contributed by atoms with Crippen molar-refractivity contribution in [3.8, 4) is 5.75 Å². The summed E-state index contributed by atoms with van der Waals surface area (Å²) in [7, 11) is 3.01. The van der Waals surface area contributed by atoms with Gasteiger partial charge < -0.3 is 14.8 Å². The lowest BCUT2D eigenvalue weighted by Gasteiger charge is -2.41. The highest BCUT2D eigenvalue weighted by Crippen LogP contribution is 2.37. The van der Waals surface area contributed by atoms with Crippen LogP contribution >= 0.6 is 0 Å². The van der Waals surface area contributed by atoms with Gasteiger partial charge in [-0.1, -0.05) is 19.9 Å². The Hall–Kier alpha value is -2.04. The molecule has 26 heavy (non-hydrogen) atoms. The molecular weight excluding hydrogens is 330 g/mol. The van der Waals surface area contributed by atoms with Gasteiger partial charge in [0, 0.05) is 0 Å². The highest BCUT2D eigenvalue weighted by atomic mass is 16.5. The summed E-state index contributed by atoms with van der Waals surface area (Å²) in [6.45, 7) is 8.15. The number of nitrogens with one attached hydrogen (secondary N) is 1. The van der Waals surface area contributed by atoms with Crippen molar-refractivity contribution in [3.05, 3.63) is 29.3 Å². The molecule has 1 fully saturated rings. The van der Waals surface area contributed by atoms with E-state index in [4.69, 9.17) is 9.47 Å². The Balaban J connectivity index is 2.23. The Morgan fingerprint density at radius 3 is 2.46 bits per heavy atom. The van der Waals surface area contributed by atoms with Crippen LogP contribution in [0.4, 0.5) is 0 Å². The number of methoxy groups -OCH3 is 2. The van der Waals surface area contributed by atoms with Gasteiger partial charge in [-0.15, -0.1) is 0 Å². The van der Waals surface area contributed by atoms with Gasteiger partial charge in [-0.2, -0.15) is 0 Å². The van der Waals surface area contributed by atoms with E-state index < -0.39 is 5.54 Å². The molecule has 5 nitrogen and oxygen atoms in total. The molecule has 0 radical (unpaired) electrons. The van der Waals surface area contributed by atoms with Gasteiger partial charge in [0.05, 0.1) is 20.1 Å². The summed E-state index contributed by atoms with van der Waals surface area (Å²) in [6, 6.07) is 5.68. The normalized spacial score (nSPS) is 26.7. The minimum Gasteiger partial charge on any atom is -0.497 e. The van der Waals surface area contributed by atoms with Crippen molar-refractivity contribution in [1.82, 2.24) is 5.32 Å². The number of benzene rings is 1. The third-order valence-electron chi connectivity index (χ3n) is 5.94. The molecule has 1 aliphatic rings. The van der Waals surface area contributed by atoms with Crippen LogP contribution in [0.5, 0.6) is 5.75 Å². The first kappa shape index (κ1) is 20.3. The Morgan fingerprint density at radius 2 is 1.92 bits per heavy atom. The van der Waals surface area contributed by atoms with Gasteiger partial charge in [0.2, 0.25) is 5.91 Å². The van der Waals surface area contributed by atoms with Gasteiger partial charge >= 0.3 is 5.97 Å². The predicted octanol–water partition coefficient (Wildman–Crippen LogP) is 3.59. The van der Waals surface area contributed by atoms with E-state index >= 15 is 0 Å². The van der Waals surface area contributed by atoms with Crippen molar-refractivity contribution in [2.75, 3.05) is 14.2 Å². The molecule has 0 aliphatic heterocycles. The lowest BCUT2D eigenvalue weighted by Crippen LogP contribution is -2.59. The second-order valence-corrected chi connectivity index (χ2v) is 7.70. The van der Waals surface area contributed by atoms with Crippen molar-refractivity contribution in [1.29, 1.82) is 0 Å². The third kappa shape index (κ3) is 4.02. The van der Waals surface area contributed by atoms with Crippen molar-refractivity contribution in [2.45, 2.75) is 58.4 Å². The third-order valence-corrected chi connectivity index (χ3v) is 5.94. The Morgan fingerprint density at radius 1 is 1.23 bits per heavy atom. The smallest absolute Gasteiger partial charge is 0.331 e. The molecule has 144 valence electrons. The summed E-state index contributed by atoms with van der Waals surface area (Å²) in [6.07, 6.45) is 2.12. The number of carbonyl (C=O) groups is 2. The maximum absolute atomic E-state index is 13.0. The van der Waals surface area contributed by atoms with Gasteiger partial charge in [0.1, 0.15) is 11.3 Å². The molecule has 2 rings (SSSR count). The SMILES string of the molecule is COC(=O)C1(NC(=O)C(C)c2ccc(OC)cc2C)CCC(C)C(C)C1. The van der Waals surface area contributed by atoms with Crippen LogP contribution in [-0.4, -0.2) is 31.6 Å². The molecule has 1 N–H and O–H groups in total. The molecule has 4 atom stereocenters. The van der Waals surface area contributed by atoms with Crippen LogP contribution in [0.3, 0.4) is 0 Å². The van der Waals surface area contributed by atoms with Gasteiger partial charge in [0.15, 0.2) is 0 Å². The molecule has 0 aromatic heterocycles. The largest absolute Gasteiger partial charge is 0.497 e. The molecule has 1 saturated carbocycles. The summed E-state index contributed by atoms with van der Waals surface area (Å²) in [5.74, 6) is 0.790. The minimum absolute atomic E-state index is 0.148.